The number of aromatic nitrogens is 4. The van der Waals surface area contributed by atoms with E-state index in [-0.39, 0.29) is 11.4 Å². The second kappa shape index (κ2) is 7.69. The number of aryl methyl sites for hydroxylation is 1. The van der Waals surface area contributed by atoms with Gasteiger partial charge in [0.15, 0.2) is 11.5 Å². The lowest BCUT2D eigenvalue weighted by Crippen LogP contribution is -2.31. The van der Waals surface area contributed by atoms with Crippen molar-refractivity contribution in [3.63, 3.8) is 0 Å². The van der Waals surface area contributed by atoms with Crippen molar-refractivity contribution in [2.45, 2.75) is 18.4 Å². The van der Waals surface area contributed by atoms with Crippen molar-refractivity contribution in [2.75, 3.05) is 4.31 Å². The number of hydrogen-bond donors (Lipinski definition) is 0. The Morgan fingerprint density at radius 3 is 2.25 bits per heavy atom. The van der Waals surface area contributed by atoms with Crippen molar-refractivity contribution in [1.82, 2.24) is 19.8 Å². The van der Waals surface area contributed by atoms with E-state index in [1.54, 1.807) is 34.8 Å². The molecule has 0 atom stereocenters. The zero-order valence-electron chi connectivity index (χ0n) is 17.1. The lowest BCUT2D eigenvalue weighted by Gasteiger charge is -2.23. The first-order chi connectivity index (χ1) is 15.4. The fourth-order valence-electron chi connectivity index (χ4n) is 3.65. The van der Waals surface area contributed by atoms with Gasteiger partial charge >= 0.3 is 0 Å². The maximum Gasteiger partial charge on any atom is 0.264 e. The molecule has 0 bridgehead atoms. The van der Waals surface area contributed by atoms with Crippen molar-refractivity contribution in [1.29, 1.82) is 0 Å². The highest BCUT2D eigenvalue weighted by Gasteiger charge is 2.27. The van der Waals surface area contributed by atoms with Gasteiger partial charge in [-0.1, -0.05) is 42.5 Å². The number of halogens is 1. The zero-order chi connectivity index (χ0) is 22.3. The Balaban J connectivity index is 1.66. The minimum atomic E-state index is -4.01. The largest absolute Gasteiger partial charge is 0.264 e. The van der Waals surface area contributed by atoms with Crippen molar-refractivity contribution < 1.29 is 12.8 Å². The monoisotopic (exact) mass is 447 g/mol. The van der Waals surface area contributed by atoms with E-state index in [9.17, 15) is 12.8 Å². The van der Waals surface area contributed by atoms with E-state index in [2.05, 4.69) is 15.3 Å². The van der Waals surface area contributed by atoms with Crippen molar-refractivity contribution in [3.8, 4) is 0 Å². The zero-order valence-corrected chi connectivity index (χ0v) is 17.9. The number of sulfonamides is 1. The first-order valence-electron chi connectivity index (χ1n) is 9.88. The molecule has 5 rings (SSSR count). The molecule has 0 saturated heterocycles. The average molecular weight is 447 g/mol. The summed E-state index contributed by atoms with van der Waals surface area (Å²) in [4.78, 5) is -0.0221. The lowest BCUT2D eigenvalue weighted by atomic mass is 10.1. The maximum absolute atomic E-state index is 13.5. The summed E-state index contributed by atoms with van der Waals surface area (Å²) in [5.74, 6) is -0.145. The minimum absolute atomic E-state index is 0.0221. The van der Waals surface area contributed by atoms with Crippen molar-refractivity contribution >= 4 is 32.1 Å². The molecule has 0 unspecified atom stereocenters. The highest BCUT2D eigenvalue weighted by atomic mass is 32.2. The minimum Gasteiger partial charge on any atom is -0.259 e. The molecule has 0 aliphatic rings. The standard InChI is InChI=1S/C23H18FN5O2S/c1-16-20-9-5-6-10-21(20)23-26-25-22(29(23)27-16)15-28(18-7-3-2-4-8-18)32(30,31)19-13-11-17(24)12-14-19/h2-14H,15H2,1H3. The molecular weight excluding hydrogens is 429 g/mol. The van der Waals surface area contributed by atoms with Crippen LogP contribution in [0.5, 0.6) is 0 Å². The van der Waals surface area contributed by atoms with E-state index < -0.39 is 15.8 Å². The number of anilines is 1. The van der Waals surface area contributed by atoms with Crippen LogP contribution in [0.25, 0.3) is 16.4 Å². The quantitative estimate of drug-likeness (QED) is 0.405. The molecule has 5 aromatic rings. The predicted octanol–water partition coefficient (Wildman–Crippen LogP) is 4.12. The molecule has 0 N–H and O–H groups in total. The third kappa shape index (κ3) is 3.36. The van der Waals surface area contributed by atoms with E-state index in [0.29, 0.717) is 17.2 Å². The highest BCUT2D eigenvalue weighted by Crippen LogP contribution is 2.27. The van der Waals surface area contributed by atoms with Crippen LogP contribution in [0.4, 0.5) is 10.1 Å². The number of fused-ring (bicyclic) bond motifs is 3. The molecule has 7 nitrogen and oxygen atoms in total. The third-order valence-electron chi connectivity index (χ3n) is 5.24. The smallest absolute Gasteiger partial charge is 0.259 e. The molecule has 32 heavy (non-hydrogen) atoms. The maximum atomic E-state index is 13.5. The Morgan fingerprint density at radius 2 is 1.53 bits per heavy atom. The summed E-state index contributed by atoms with van der Waals surface area (Å²) in [5, 5.41) is 15.0. The molecule has 0 saturated carbocycles. The number of para-hydroxylation sites is 1. The first kappa shape index (κ1) is 20.1. The van der Waals surface area contributed by atoms with E-state index in [4.69, 9.17) is 0 Å². The van der Waals surface area contributed by atoms with E-state index in [1.807, 2.05) is 31.2 Å². The Labute approximate surface area is 183 Å². The van der Waals surface area contributed by atoms with Crippen LogP contribution in [0, 0.1) is 12.7 Å². The van der Waals surface area contributed by atoms with E-state index in [1.165, 1.54) is 16.4 Å². The first-order valence-corrected chi connectivity index (χ1v) is 11.3. The van der Waals surface area contributed by atoms with Crippen LogP contribution >= 0.6 is 0 Å². The molecule has 0 spiro atoms. The van der Waals surface area contributed by atoms with Gasteiger partial charge in [0.1, 0.15) is 5.82 Å². The summed E-state index contributed by atoms with van der Waals surface area (Å²) < 4.78 is 43.2. The second-order valence-corrected chi connectivity index (χ2v) is 9.15. The van der Waals surface area contributed by atoms with Crippen molar-refractivity contribution in [2.24, 2.45) is 0 Å². The third-order valence-corrected chi connectivity index (χ3v) is 7.03. The normalized spacial score (nSPS) is 11.8. The number of rotatable bonds is 5. The van der Waals surface area contributed by atoms with Gasteiger partial charge in [0.25, 0.3) is 10.0 Å². The molecule has 0 amide bonds. The summed E-state index contributed by atoms with van der Waals surface area (Å²) in [7, 11) is -4.01. The van der Waals surface area contributed by atoms with Gasteiger partial charge in [0, 0.05) is 10.8 Å². The molecule has 9 heteroatoms. The van der Waals surface area contributed by atoms with Crippen LogP contribution in [0.3, 0.4) is 0 Å². The van der Waals surface area contributed by atoms with Gasteiger partial charge in [0.05, 0.1) is 22.8 Å². The Kier molecular flexibility index (Phi) is 4.82. The summed E-state index contributed by atoms with van der Waals surface area (Å²) in [5.41, 5.74) is 1.78. The molecule has 0 aliphatic heterocycles. The van der Waals surface area contributed by atoms with Gasteiger partial charge in [-0.15, -0.1) is 10.2 Å². The van der Waals surface area contributed by atoms with Gasteiger partial charge < -0.3 is 0 Å². The molecule has 0 fully saturated rings. The topological polar surface area (TPSA) is 80.5 Å². The van der Waals surface area contributed by atoms with Crippen LogP contribution in [-0.4, -0.2) is 28.2 Å². The van der Waals surface area contributed by atoms with Gasteiger partial charge in [-0.2, -0.15) is 9.61 Å². The van der Waals surface area contributed by atoms with Crippen LogP contribution in [0.1, 0.15) is 11.5 Å². The Morgan fingerprint density at radius 1 is 0.875 bits per heavy atom. The fraction of sp³-hybridized carbons (Fsp3) is 0.0870. The SMILES string of the molecule is Cc1nn2c(CN(c3ccccc3)S(=O)(=O)c3ccc(F)cc3)nnc2c2ccccc12. The van der Waals surface area contributed by atoms with Crippen LogP contribution in [-0.2, 0) is 16.6 Å². The predicted molar refractivity (Wildman–Crippen MR) is 119 cm³/mol. The van der Waals surface area contributed by atoms with E-state index >= 15 is 0 Å². The molecule has 2 heterocycles. The lowest BCUT2D eigenvalue weighted by molar-refractivity contribution is 0.587. The molecule has 0 radical (unpaired) electrons. The number of nitrogens with zero attached hydrogens (tertiary/aromatic N) is 5. The van der Waals surface area contributed by atoms with Gasteiger partial charge in [0.2, 0.25) is 0 Å². The Bertz CT molecular complexity index is 1530. The summed E-state index contributed by atoms with van der Waals surface area (Å²) in [6.07, 6.45) is 0. The van der Waals surface area contributed by atoms with Crippen LogP contribution in [0.2, 0.25) is 0 Å². The van der Waals surface area contributed by atoms with Gasteiger partial charge in [-0.25, -0.2) is 12.8 Å². The number of hydrogen-bond acceptors (Lipinski definition) is 5. The summed E-state index contributed by atoms with van der Waals surface area (Å²) >= 11 is 0. The molecule has 3 aromatic carbocycles. The van der Waals surface area contributed by atoms with Crippen molar-refractivity contribution in [3.05, 3.63) is 96.2 Å². The molecular formula is C23H18FN5O2S. The Hall–Kier alpha value is -3.85. The fourth-order valence-corrected chi connectivity index (χ4v) is 5.07. The summed E-state index contributed by atoms with van der Waals surface area (Å²) in [6.45, 7) is 1.78. The summed E-state index contributed by atoms with van der Waals surface area (Å²) in [6, 6.07) is 21.2. The molecule has 0 aliphatic carbocycles. The second-order valence-electron chi connectivity index (χ2n) is 7.28. The molecule has 160 valence electrons. The van der Waals surface area contributed by atoms with Crippen LogP contribution in [0.15, 0.2) is 83.8 Å². The number of benzene rings is 3. The molecule has 2 aromatic heterocycles. The van der Waals surface area contributed by atoms with E-state index in [0.717, 1.165) is 28.6 Å². The average Bonchev–Trinajstić information content (AvgIpc) is 3.21. The van der Waals surface area contributed by atoms with Gasteiger partial charge in [-0.3, -0.25) is 4.31 Å². The van der Waals surface area contributed by atoms with Crippen LogP contribution < -0.4 is 4.31 Å². The van der Waals surface area contributed by atoms with Gasteiger partial charge in [-0.05, 0) is 43.3 Å². The highest BCUT2D eigenvalue weighted by molar-refractivity contribution is 7.92.